The Balaban J connectivity index is 0.936. The maximum absolute atomic E-state index is 7.69. The van der Waals surface area contributed by atoms with Gasteiger partial charge in [0.15, 0.2) is 5.58 Å². The van der Waals surface area contributed by atoms with Gasteiger partial charge in [0.05, 0.1) is 23.1 Å². The van der Waals surface area contributed by atoms with Crippen molar-refractivity contribution in [1.82, 2.24) is 15.0 Å². The molecule has 0 amide bonds. The minimum absolute atomic E-state index is 0.121. The molecular weight excluding hydrogens is 1120 g/mol. The van der Waals surface area contributed by atoms with E-state index in [-0.39, 0.29) is 6.04 Å². The van der Waals surface area contributed by atoms with Gasteiger partial charge in [-0.2, -0.15) is 0 Å². The van der Waals surface area contributed by atoms with E-state index in [2.05, 4.69) is 282 Å². The fraction of sp³-hybridized carbons (Fsp3) is 0.0116. The molecule has 19 rings (SSSR count). The standard InChI is InChI=1S/C86H52N4O2/c1-2-14-54(15-3-1)63-21-9-23-66-65(63)22-10-24-67(66)68-35-36-70-80-69(73-26-11-25-72(89-73)56-44-47-87-48-45-56)39-43-78-84(80)82-71(37-41-76(86(82)92-78)90-74-27-7-6-16-57(74)34-40-75(90)61-33-30-52-13-4-5-17-58(52)50-61)79-64(38-42-77-83(79)81(70)85(68)91-77)55-31-28-53(29-32-55)59-18-8-19-60(49-59)62-20-12-46-88-51-62/h1-51,74H. The molecule has 0 N–H and O–H groups in total. The summed E-state index contributed by atoms with van der Waals surface area (Å²) in [6.07, 6.45) is 20.8. The molecule has 5 aromatic heterocycles. The number of rotatable bonds is 9. The van der Waals surface area contributed by atoms with E-state index in [1.807, 2.05) is 43.0 Å². The van der Waals surface area contributed by atoms with Crippen LogP contribution < -0.4 is 4.90 Å². The lowest BCUT2D eigenvalue weighted by atomic mass is 9.86. The van der Waals surface area contributed by atoms with Crippen LogP contribution in [0.5, 0.6) is 0 Å². The summed E-state index contributed by atoms with van der Waals surface area (Å²) in [6, 6.07) is 89.8. The maximum Gasteiger partial charge on any atom is 0.159 e. The molecule has 1 unspecified atom stereocenters. The van der Waals surface area contributed by atoms with Crippen LogP contribution in [-0.4, -0.2) is 21.0 Å². The van der Waals surface area contributed by atoms with Gasteiger partial charge in [-0.15, -0.1) is 0 Å². The Morgan fingerprint density at radius 2 is 0.978 bits per heavy atom. The molecule has 1 aliphatic heterocycles. The summed E-state index contributed by atoms with van der Waals surface area (Å²) in [5.41, 5.74) is 22.3. The van der Waals surface area contributed by atoms with Gasteiger partial charge in [0, 0.05) is 85.1 Å². The van der Waals surface area contributed by atoms with Gasteiger partial charge in [-0.1, -0.05) is 206 Å². The Morgan fingerprint density at radius 3 is 1.80 bits per heavy atom. The van der Waals surface area contributed by atoms with Gasteiger partial charge in [-0.05, 0) is 167 Å². The summed E-state index contributed by atoms with van der Waals surface area (Å²) in [5.74, 6) is 0. The van der Waals surface area contributed by atoms with Crippen molar-refractivity contribution in [3.63, 3.8) is 0 Å². The predicted molar refractivity (Wildman–Crippen MR) is 381 cm³/mol. The van der Waals surface area contributed by atoms with E-state index >= 15 is 0 Å². The van der Waals surface area contributed by atoms with Gasteiger partial charge in [0.25, 0.3) is 0 Å². The van der Waals surface area contributed by atoms with Crippen LogP contribution >= 0.6 is 0 Å². The Kier molecular flexibility index (Phi) is 11.6. The number of anilines is 1. The van der Waals surface area contributed by atoms with Gasteiger partial charge in [-0.25, -0.2) is 4.98 Å². The normalized spacial score (nSPS) is 14.0. The zero-order valence-corrected chi connectivity index (χ0v) is 49.6. The van der Waals surface area contributed by atoms with Crippen LogP contribution in [0.1, 0.15) is 5.56 Å². The first kappa shape index (κ1) is 51.8. The third kappa shape index (κ3) is 8.10. The zero-order valence-electron chi connectivity index (χ0n) is 49.6. The predicted octanol–water partition coefficient (Wildman–Crippen LogP) is 22.7. The van der Waals surface area contributed by atoms with Crippen LogP contribution in [0.3, 0.4) is 0 Å². The second-order valence-corrected chi connectivity index (χ2v) is 24.1. The first-order valence-electron chi connectivity index (χ1n) is 31.3. The van der Waals surface area contributed by atoms with Crippen molar-refractivity contribution in [1.29, 1.82) is 0 Å². The van der Waals surface area contributed by atoms with Crippen LogP contribution in [0.2, 0.25) is 0 Å². The smallest absolute Gasteiger partial charge is 0.159 e. The summed E-state index contributed by atoms with van der Waals surface area (Å²) in [7, 11) is 0. The molecule has 6 nitrogen and oxygen atoms in total. The lowest BCUT2D eigenvalue weighted by molar-refractivity contribution is 0.667. The number of aromatic nitrogens is 3. The Morgan fingerprint density at radius 1 is 0.337 bits per heavy atom. The number of furan rings is 2. The van der Waals surface area contributed by atoms with E-state index in [0.29, 0.717) is 0 Å². The highest BCUT2D eigenvalue weighted by atomic mass is 16.3. The lowest BCUT2D eigenvalue weighted by Gasteiger charge is -2.38. The van der Waals surface area contributed by atoms with Gasteiger partial charge < -0.3 is 13.7 Å². The highest BCUT2D eigenvalue weighted by Crippen LogP contribution is 2.54. The SMILES string of the molecule is C1=CC2=CC=C(c3ccc4ccccc4c3)N(c3ccc4c5c(-c6ccc(-c7cccc(-c8cccnc8)c7)cc6)ccc6oc7c(-c8cccc9c(-c%10ccccc%10)cccc89)ccc(c8c(-c9cccc(-c%10ccncc%10)n9)ccc9oc3c4c98)c7c65)C2C=C1. The van der Waals surface area contributed by atoms with Crippen molar-refractivity contribution >= 4 is 98.4 Å². The quantitative estimate of drug-likeness (QED) is 0.143. The molecule has 0 saturated carbocycles. The molecule has 6 heterocycles. The molecule has 0 radical (unpaired) electrons. The van der Waals surface area contributed by atoms with Crippen LogP contribution in [0.4, 0.5) is 5.69 Å². The fourth-order valence-electron chi connectivity index (χ4n) is 14.9. The largest absolute Gasteiger partial charge is 0.455 e. The van der Waals surface area contributed by atoms with Crippen molar-refractivity contribution in [3.05, 3.63) is 321 Å². The Hall–Kier alpha value is -12.3. The molecule has 17 aromatic rings. The van der Waals surface area contributed by atoms with Crippen molar-refractivity contribution in [2.45, 2.75) is 6.04 Å². The molecule has 92 heavy (non-hydrogen) atoms. The second-order valence-electron chi connectivity index (χ2n) is 24.1. The van der Waals surface area contributed by atoms with Crippen molar-refractivity contribution in [2.24, 2.45) is 0 Å². The Bertz CT molecular complexity index is 6000. The number of hydrogen-bond donors (Lipinski definition) is 0. The molecule has 0 saturated heterocycles. The molecule has 12 aromatic carbocycles. The summed E-state index contributed by atoms with van der Waals surface area (Å²) in [5, 5.41) is 13.0. The monoisotopic (exact) mass is 1170 g/mol. The highest BCUT2D eigenvalue weighted by molar-refractivity contribution is 6.41. The molecule has 1 atom stereocenters. The van der Waals surface area contributed by atoms with E-state index in [1.165, 1.54) is 32.9 Å². The van der Waals surface area contributed by atoms with Gasteiger partial charge in [0.2, 0.25) is 0 Å². The molecule has 2 aliphatic rings. The van der Waals surface area contributed by atoms with Crippen molar-refractivity contribution in [3.8, 4) is 78.1 Å². The van der Waals surface area contributed by atoms with Gasteiger partial charge in [0.1, 0.15) is 16.7 Å². The molecule has 0 fully saturated rings. The van der Waals surface area contributed by atoms with Crippen LogP contribution in [-0.2, 0) is 0 Å². The number of nitrogens with zero attached hydrogens (tertiary/aromatic N) is 4. The Labute approximate surface area is 529 Å². The maximum atomic E-state index is 7.69. The highest BCUT2D eigenvalue weighted by Gasteiger charge is 2.33. The summed E-state index contributed by atoms with van der Waals surface area (Å²) < 4.78 is 15.3. The van der Waals surface area contributed by atoms with E-state index in [1.54, 1.807) is 0 Å². The minimum atomic E-state index is -0.121. The summed E-state index contributed by atoms with van der Waals surface area (Å²) in [4.78, 5) is 16.8. The number of hydrogen-bond acceptors (Lipinski definition) is 6. The molecule has 428 valence electrons. The number of fused-ring (bicyclic) bond motifs is 5. The topological polar surface area (TPSA) is 68.2 Å². The number of allylic oxidation sites excluding steroid dienone is 4. The van der Waals surface area contributed by atoms with Gasteiger partial charge in [-0.3, -0.25) is 9.97 Å². The van der Waals surface area contributed by atoms with E-state index in [9.17, 15) is 0 Å². The average molecular weight is 1170 g/mol. The molecule has 0 bridgehead atoms. The molecule has 1 aliphatic carbocycles. The average Bonchev–Trinajstić information content (AvgIpc) is 1.48. The van der Waals surface area contributed by atoms with Crippen LogP contribution in [0.25, 0.3) is 171 Å². The van der Waals surface area contributed by atoms with Crippen molar-refractivity contribution < 1.29 is 8.83 Å². The minimum Gasteiger partial charge on any atom is -0.455 e. The van der Waals surface area contributed by atoms with Crippen molar-refractivity contribution in [2.75, 3.05) is 4.90 Å². The third-order valence-electron chi connectivity index (χ3n) is 19.1. The summed E-state index contributed by atoms with van der Waals surface area (Å²) in [6.45, 7) is 0. The first-order chi connectivity index (χ1) is 45.6. The van der Waals surface area contributed by atoms with Crippen LogP contribution in [0.15, 0.2) is 324 Å². The first-order valence-corrected chi connectivity index (χ1v) is 31.3. The van der Waals surface area contributed by atoms with Gasteiger partial charge >= 0.3 is 0 Å². The number of pyridine rings is 3. The van der Waals surface area contributed by atoms with E-state index in [0.717, 1.165) is 155 Å². The lowest BCUT2D eigenvalue weighted by Crippen LogP contribution is -2.36. The van der Waals surface area contributed by atoms with Crippen LogP contribution in [0, 0.1) is 0 Å². The number of benzene rings is 11. The molecule has 0 spiro atoms. The molecule has 6 heteroatoms. The van der Waals surface area contributed by atoms with E-state index < -0.39 is 0 Å². The third-order valence-corrected chi connectivity index (χ3v) is 19.1. The molecular formula is C86H52N4O2. The van der Waals surface area contributed by atoms with E-state index in [4.69, 9.17) is 13.8 Å². The summed E-state index contributed by atoms with van der Waals surface area (Å²) >= 11 is 0. The fourth-order valence-corrected chi connectivity index (χ4v) is 14.9. The second kappa shape index (κ2) is 20.7. The zero-order chi connectivity index (χ0) is 60.4.